The topological polar surface area (TPSA) is 59.9 Å². The molecule has 0 saturated heterocycles. The van der Waals surface area contributed by atoms with Gasteiger partial charge in [0.05, 0.1) is 12.8 Å². The number of hydrogen-bond donors (Lipinski definition) is 1. The molecule has 2 aromatic rings. The van der Waals surface area contributed by atoms with Gasteiger partial charge in [-0.2, -0.15) is 0 Å². The van der Waals surface area contributed by atoms with Crippen molar-refractivity contribution in [3.63, 3.8) is 0 Å². The number of aliphatic imine (C=N–C) groups is 1. The predicted molar refractivity (Wildman–Crippen MR) is 107 cm³/mol. The van der Waals surface area contributed by atoms with Gasteiger partial charge >= 0.3 is 0 Å². The zero-order valence-electron chi connectivity index (χ0n) is 15.7. The number of carbonyl (C=O) groups is 1. The van der Waals surface area contributed by atoms with Gasteiger partial charge < -0.3 is 14.8 Å². The quantitative estimate of drug-likeness (QED) is 0.744. The molecule has 5 nitrogen and oxygen atoms in total. The highest BCUT2D eigenvalue weighted by Crippen LogP contribution is 2.20. The summed E-state index contributed by atoms with van der Waals surface area (Å²) in [7, 11) is 1.64. The van der Waals surface area contributed by atoms with Crippen LogP contribution in [-0.4, -0.2) is 31.9 Å². The van der Waals surface area contributed by atoms with Gasteiger partial charge in [0.25, 0.3) is 5.91 Å². The summed E-state index contributed by atoms with van der Waals surface area (Å²) in [5, 5.41) is 3.05. The number of carbonyl (C=O) groups excluding carboxylic acids is 1. The van der Waals surface area contributed by atoms with E-state index in [1.165, 1.54) is 19.3 Å². The minimum absolute atomic E-state index is 0.0494. The second-order valence-electron chi connectivity index (χ2n) is 6.72. The number of amides is 1. The Hall–Kier alpha value is -2.82. The van der Waals surface area contributed by atoms with Gasteiger partial charge in [-0.3, -0.25) is 9.79 Å². The van der Waals surface area contributed by atoms with Crippen LogP contribution in [0.4, 0.5) is 5.69 Å². The van der Waals surface area contributed by atoms with Crippen molar-refractivity contribution < 1.29 is 14.3 Å². The highest BCUT2D eigenvalue weighted by molar-refractivity contribution is 5.82. The summed E-state index contributed by atoms with van der Waals surface area (Å²) in [4.78, 5) is 16.4. The van der Waals surface area contributed by atoms with Crippen LogP contribution < -0.4 is 14.8 Å². The SMILES string of the molecule is COc1cccc(N=Cc2ccc(OCC(=O)NC3CCCCC3)cc2)c1. The molecule has 0 heterocycles. The number of nitrogens with zero attached hydrogens (tertiary/aromatic N) is 1. The molecule has 1 amide bonds. The highest BCUT2D eigenvalue weighted by Gasteiger charge is 2.15. The molecule has 1 N–H and O–H groups in total. The van der Waals surface area contributed by atoms with E-state index in [2.05, 4.69) is 10.3 Å². The summed E-state index contributed by atoms with van der Waals surface area (Å²) in [5.41, 5.74) is 1.78. The molecule has 1 aliphatic rings. The molecule has 5 heteroatoms. The Morgan fingerprint density at radius 1 is 1.11 bits per heavy atom. The molecule has 142 valence electrons. The second kappa shape index (κ2) is 9.76. The largest absolute Gasteiger partial charge is 0.497 e. The number of ether oxygens (including phenoxy) is 2. The van der Waals surface area contributed by atoms with Gasteiger partial charge in [0.1, 0.15) is 11.5 Å². The summed E-state index contributed by atoms with van der Waals surface area (Å²) in [6.45, 7) is 0.0494. The van der Waals surface area contributed by atoms with Gasteiger partial charge in [-0.05, 0) is 54.8 Å². The van der Waals surface area contributed by atoms with E-state index >= 15 is 0 Å². The molecule has 0 aliphatic heterocycles. The van der Waals surface area contributed by atoms with E-state index in [1.807, 2.05) is 48.5 Å². The van der Waals surface area contributed by atoms with Crippen molar-refractivity contribution in [3.8, 4) is 11.5 Å². The molecule has 3 rings (SSSR count). The lowest BCUT2D eigenvalue weighted by Gasteiger charge is -2.22. The maximum Gasteiger partial charge on any atom is 0.258 e. The Morgan fingerprint density at radius 2 is 1.89 bits per heavy atom. The summed E-state index contributed by atoms with van der Waals surface area (Å²) >= 11 is 0. The summed E-state index contributed by atoms with van der Waals surface area (Å²) in [5.74, 6) is 1.40. The number of methoxy groups -OCH3 is 1. The lowest BCUT2D eigenvalue weighted by atomic mass is 9.95. The first-order chi connectivity index (χ1) is 13.2. The third-order valence-electron chi connectivity index (χ3n) is 4.64. The lowest BCUT2D eigenvalue weighted by molar-refractivity contribution is -0.124. The summed E-state index contributed by atoms with van der Waals surface area (Å²) in [6, 6.07) is 15.4. The number of benzene rings is 2. The van der Waals surface area contributed by atoms with Crippen LogP contribution in [0.1, 0.15) is 37.7 Å². The molecule has 1 saturated carbocycles. The maximum atomic E-state index is 12.0. The van der Waals surface area contributed by atoms with Crippen LogP contribution in [-0.2, 0) is 4.79 Å². The van der Waals surface area contributed by atoms with Gasteiger partial charge in [-0.1, -0.05) is 25.3 Å². The Labute approximate surface area is 160 Å². The Morgan fingerprint density at radius 3 is 2.63 bits per heavy atom. The summed E-state index contributed by atoms with van der Waals surface area (Å²) < 4.78 is 10.8. The van der Waals surface area contributed by atoms with Crippen molar-refractivity contribution in [2.75, 3.05) is 13.7 Å². The van der Waals surface area contributed by atoms with E-state index in [-0.39, 0.29) is 12.5 Å². The first-order valence-electron chi connectivity index (χ1n) is 9.43. The van der Waals surface area contributed by atoms with E-state index in [4.69, 9.17) is 9.47 Å². The van der Waals surface area contributed by atoms with Crippen LogP contribution >= 0.6 is 0 Å². The van der Waals surface area contributed by atoms with E-state index in [9.17, 15) is 4.79 Å². The molecule has 0 aromatic heterocycles. The highest BCUT2D eigenvalue weighted by atomic mass is 16.5. The third-order valence-corrected chi connectivity index (χ3v) is 4.64. The second-order valence-corrected chi connectivity index (χ2v) is 6.72. The van der Waals surface area contributed by atoms with Gasteiger partial charge in [-0.25, -0.2) is 0 Å². The molecule has 0 unspecified atom stereocenters. The molecule has 0 bridgehead atoms. The molecule has 0 radical (unpaired) electrons. The van der Waals surface area contributed by atoms with Crippen molar-refractivity contribution in [3.05, 3.63) is 54.1 Å². The van der Waals surface area contributed by atoms with Gasteiger partial charge in [0.15, 0.2) is 6.61 Å². The van der Waals surface area contributed by atoms with Crippen LogP contribution in [0, 0.1) is 0 Å². The van der Waals surface area contributed by atoms with Gasteiger partial charge in [0, 0.05) is 18.3 Å². The molecule has 0 spiro atoms. The first-order valence-corrected chi connectivity index (χ1v) is 9.43. The Balaban J connectivity index is 1.48. The minimum Gasteiger partial charge on any atom is -0.497 e. The van der Waals surface area contributed by atoms with Crippen molar-refractivity contribution in [2.45, 2.75) is 38.1 Å². The minimum atomic E-state index is -0.0504. The number of hydrogen-bond acceptors (Lipinski definition) is 4. The van der Waals surface area contributed by atoms with Crippen molar-refractivity contribution in [1.29, 1.82) is 0 Å². The summed E-state index contributed by atoms with van der Waals surface area (Å²) in [6.07, 6.45) is 7.61. The third kappa shape index (κ3) is 6.13. The standard InChI is InChI=1S/C22H26N2O3/c1-26-21-9-5-8-19(14-21)23-15-17-10-12-20(13-11-17)27-16-22(25)24-18-6-3-2-4-7-18/h5,8-15,18H,2-4,6-7,16H2,1H3,(H,24,25). The van der Waals surface area contributed by atoms with Crippen molar-refractivity contribution >= 4 is 17.8 Å². The lowest BCUT2D eigenvalue weighted by Crippen LogP contribution is -2.38. The number of rotatable bonds is 7. The molecule has 1 fully saturated rings. The van der Waals surface area contributed by atoms with Crippen LogP contribution in [0.25, 0.3) is 0 Å². The molecule has 27 heavy (non-hydrogen) atoms. The predicted octanol–water partition coefficient (Wildman–Crippen LogP) is 4.27. The Kier molecular flexibility index (Phi) is 6.85. The normalized spacial score (nSPS) is 14.9. The van der Waals surface area contributed by atoms with Crippen LogP contribution in [0.5, 0.6) is 11.5 Å². The smallest absolute Gasteiger partial charge is 0.258 e. The average Bonchev–Trinajstić information content (AvgIpc) is 2.72. The molecular weight excluding hydrogens is 340 g/mol. The van der Waals surface area contributed by atoms with Gasteiger partial charge in [-0.15, -0.1) is 0 Å². The molecule has 0 atom stereocenters. The fourth-order valence-corrected chi connectivity index (χ4v) is 3.16. The molecular formula is C22H26N2O3. The average molecular weight is 366 g/mol. The maximum absolute atomic E-state index is 12.0. The van der Waals surface area contributed by atoms with E-state index < -0.39 is 0 Å². The van der Waals surface area contributed by atoms with E-state index in [0.717, 1.165) is 29.8 Å². The monoisotopic (exact) mass is 366 g/mol. The zero-order valence-corrected chi connectivity index (χ0v) is 15.7. The van der Waals surface area contributed by atoms with E-state index in [1.54, 1.807) is 13.3 Å². The zero-order chi connectivity index (χ0) is 18.9. The van der Waals surface area contributed by atoms with Crippen LogP contribution in [0.2, 0.25) is 0 Å². The number of nitrogens with one attached hydrogen (secondary N) is 1. The fraction of sp³-hybridized carbons (Fsp3) is 0.364. The van der Waals surface area contributed by atoms with Crippen LogP contribution in [0.3, 0.4) is 0 Å². The van der Waals surface area contributed by atoms with Crippen molar-refractivity contribution in [1.82, 2.24) is 5.32 Å². The first kappa shape index (κ1) is 19.0. The molecule has 1 aliphatic carbocycles. The Bertz CT molecular complexity index is 765. The molecule has 2 aromatic carbocycles. The van der Waals surface area contributed by atoms with Crippen LogP contribution in [0.15, 0.2) is 53.5 Å². The van der Waals surface area contributed by atoms with Crippen molar-refractivity contribution in [2.24, 2.45) is 4.99 Å². The van der Waals surface area contributed by atoms with E-state index in [0.29, 0.717) is 11.8 Å². The van der Waals surface area contributed by atoms with Gasteiger partial charge in [0.2, 0.25) is 0 Å². The fourth-order valence-electron chi connectivity index (χ4n) is 3.16.